The fourth-order valence-corrected chi connectivity index (χ4v) is 8.70. The molecule has 0 spiro atoms. The van der Waals surface area contributed by atoms with Crippen LogP contribution in [0.1, 0.15) is 49.7 Å². The summed E-state index contributed by atoms with van der Waals surface area (Å²) in [5.41, 5.74) is 0.517. The van der Waals surface area contributed by atoms with Crippen LogP contribution in [0.5, 0.6) is 23.3 Å². The number of anilines is 1. The second-order valence-corrected chi connectivity index (χ2v) is 17.3. The third kappa shape index (κ3) is 8.65. The van der Waals surface area contributed by atoms with Crippen molar-refractivity contribution in [2.45, 2.75) is 55.3 Å². The van der Waals surface area contributed by atoms with Gasteiger partial charge in [-0.1, -0.05) is 35.9 Å². The number of rotatable bonds is 12. The quantitative estimate of drug-likeness (QED) is 0.113. The van der Waals surface area contributed by atoms with Crippen LogP contribution in [0.25, 0.3) is 5.69 Å². The van der Waals surface area contributed by atoms with Gasteiger partial charge in [0.1, 0.15) is 16.5 Å². The minimum absolute atomic E-state index is 0.00442. The van der Waals surface area contributed by atoms with E-state index in [4.69, 9.17) is 25.8 Å². The summed E-state index contributed by atoms with van der Waals surface area (Å²) in [4.78, 5) is 49.3. The molecule has 3 aliphatic heterocycles. The fraction of sp³-hybridized carbons (Fsp3) is 0.364. The standard InChI is InChI=1S/C27H28ClFN6O4.C17H16BrN3O2/c28-23-21(32-16-26(29)8-1-13-38-17-26)15-33-35(24(23)36)19-4-7-22(31-14-19)39-20-5-2-18(3-6-20)27(9-10-27)34-12-11-30-25(34)37;18-13-3-6-15(20-11-13)23-14-4-1-12(2-5-14)17(7-8-17)21-10-9-19-16(21)22/h2-7,14-15,32H,1,8-13,16-17H2,(H,30,37);1-6,11H,7-10H2,(H,19,22)/t26-;/m0./s1. The molecule has 18 heteroatoms. The number of benzene rings is 2. The number of nitrogens with zero attached hydrogens (tertiary/aromatic N) is 6. The first-order chi connectivity index (χ1) is 30.0. The molecule has 5 aromatic rings. The number of alkyl halides is 1. The number of amides is 4. The predicted molar refractivity (Wildman–Crippen MR) is 232 cm³/mol. The van der Waals surface area contributed by atoms with Gasteiger partial charge in [0.2, 0.25) is 11.8 Å². The Morgan fingerprint density at radius 2 is 1.32 bits per heavy atom. The zero-order valence-corrected chi connectivity index (χ0v) is 36.0. The number of halogens is 3. The number of nitrogens with one attached hydrogen (secondary N) is 3. The summed E-state index contributed by atoms with van der Waals surface area (Å²) in [6.45, 7) is 3.43. The molecule has 15 nitrogen and oxygen atoms in total. The molecule has 3 saturated heterocycles. The van der Waals surface area contributed by atoms with Gasteiger partial charge in [0.05, 0.1) is 48.0 Å². The topological polar surface area (TPSA) is 165 Å². The monoisotopic (exact) mass is 927 g/mol. The molecule has 5 aliphatic rings. The number of pyridine rings is 2. The molecular weight excluding hydrogens is 885 g/mol. The zero-order chi connectivity index (χ0) is 42.9. The second-order valence-electron chi connectivity index (χ2n) is 16.0. The molecule has 3 aromatic heterocycles. The normalized spacial score (nSPS) is 20.7. The zero-order valence-electron chi connectivity index (χ0n) is 33.6. The largest absolute Gasteiger partial charge is 0.439 e. The molecule has 3 N–H and O–H groups in total. The van der Waals surface area contributed by atoms with Crippen LogP contribution in [0.15, 0.2) is 101 Å². The number of hydrogen-bond donors (Lipinski definition) is 3. The van der Waals surface area contributed by atoms with Crippen molar-refractivity contribution in [3.63, 3.8) is 0 Å². The molecular formula is C44H44BrClFN9O6. The summed E-state index contributed by atoms with van der Waals surface area (Å²) in [6, 6.07) is 22.7. The van der Waals surface area contributed by atoms with E-state index in [1.54, 1.807) is 18.3 Å². The summed E-state index contributed by atoms with van der Waals surface area (Å²) in [7, 11) is 0. The first kappa shape index (κ1) is 41.6. The van der Waals surface area contributed by atoms with E-state index in [0.717, 1.165) is 59.2 Å². The molecule has 5 fully saturated rings. The van der Waals surface area contributed by atoms with Gasteiger partial charge in [-0.25, -0.2) is 23.9 Å². The van der Waals surface area contributed by atoms with Gasteiger partial charge in [-0.2, -0.15) is 9.78 Å². The maximum Gasteiger partial charge on any atom is 0.318 e. The van der Waals surface area contributed by atoms with Crippen molar-refractivity contribution in [3.05, 3.63) is 122 Å². The van der Waals surface area contributed by atoms with Gasteiger partial charge in [0.15, 0.2) is 5.67 Å². The van der Waals surface area contributed by atoms with Gasteiger partial charge >= 0.3 is 12.1 Å². The van der Waals surface area contributed by atoms with E-state index in [-0.39, 0.29) is 47.0 Å². The van der Waals surface area contributed by atoms with Crippen LogP contribution < -0.4 is 31.0 Å². The van der Waals surface area contributed by atoms with Crippen molar-refractivity contribution in [2.24, 2.45) is 0 Å². The number of urea groups is 2. The van der Waals surface area contributed by atoms with Crippen LogP contribution in [-0.4, -0.2) is 93.2 Å². The Morgan fingerprint density at radius 1 is 0.758 bits per heavy atom. The second kappa shape index (κ2) is 17.2. The van der Waals surface area contributed by atoms with Crippen LogP contribution in [0, 0.1) is 0 Å². The van der Waals surface area contributed by atoms with E-state index in [0.29, 0.717) is 55.7 Å². The van der Waals surface area contributed by atoms with E-state index < -0.39 is 11.2 Å². The summed E-state index contributed by atoms with van der Waals surface area (Å²) >= 11 is 9.64. The van der Waals surface area contributed by atoms with Crippen molar-refractivity contribution in [1.82, 2.24) is 40.2 Å². The van der Waals surface area contributed by atoms with E-state index in [1.807, 2.05) is 70.5 Å². The van der Waals surface area contributed by atoms with E-state index in [2.05, 4.69) is 46.9 Å². The van der Waals surface area contributed by atoms with Crippen LogP contribution in [-0.2, 0) is 15.8 Å². The Kier molecular flexibility index (Phi) is 11.5. The molecule has 10 rings (SSSR count). The number of carbonyl (C=O) groups is 2. The summed E-state index contributed by atoms with van der Waals surface area (Å²) in [5.74, 6) is 2.24. The smallest absolute Gasteiger partial charge is 0.318 e. The number of aromatic nitrogens is 4. The lowest BCUT2D eigenvalue weighted by molar-refractivity contribution is -0.0234. The lowest BCUT2D eigenvalue weighted by atomic mass is 9.99. The van der Waals surface area contributed by atoms with Gasteiger partial charge in [0.25, 0.3) is 5.56 Å². The van der Waals surface area contributed by atoms with Crippen molar-refractivity contribution in [3.8, 4) is 28.9 Å². The molecule has 2 aliphatic carbocycles. The third-order valence-corrected chi connectivity index (χ3v) is 12.7. The Labute approximate surface area is 370 Å². The Balaban J connectivity index is 0.000000181. The molecule has 0 unspecified atom stereocenters. The third-order valence-electron chi connectivity index (χ3n) is 11.9. The van der Waals surface area contributed by atoms with Crippen LogP contribution in [0.2, 0.25) is 5.02 Å². The van der Waals surface area contributed by atoms with E-state index >= 15 is 0 Å². The molecule has 62 heavy (non-hydrogen) atoms. The van der Waals surface area contributed by atoms with Crippen molar-refractivity contribution in [2.75, 3.05) is 51.3 Å². The SMILES string of the molecule is O=C1NCCN1C1(c2ccc(Oc3ccc(-n4ncc(NC[C@@]5(F)CCCOC5)c(Cl)c4=O)cn3)cc2)CC1.O=C1NCCN1C1(c2ccc(Oc3ccc(Br)cn3)cc2)CC1. The Morgan fingerprint density at radius 3 is 1.77 bits per heavy atom. The van der Waals surface area contributed by atoms with Crippen molar-refractivity contribution >= 4 is 45.3 Å². The lowest BCUT2D eigenvalue weighted by Gasteiger charge is -2.29. The highest BCUT2D eigenvalue weighted by Gasteiger charge is 2.53. The number of hydrogen-bond acceptors (Lipinski definition) is 10. The minimum atomic E-state index is -1.51. The molecule has 0 bridgehead atoms. The van der Waals surface area contributed by atoms with E-state index in [1.165, 1.54) is 18.0 Å². The fourth-order valence-electron chi connectivity index (χ4n) is 8.27. The van der Waals surface area contributed by atoms with Gasteiger partial charge in [-0.05, 0) is 102 Å². The van der Waals surface area contributed by atoms with Crippen molar-refractivity contribution < 1.29 is 28.2 Å². The van der Waals surface area contributed by atoms with Gasteiger partial charge < -0.3 is 40.0 Å². The van der Waals surface area contributed by atoms with Gasteiger partial charge in [-0.15, -0.1) is 0 Å². The van der Waals surface area contributed by atoms with E-state index in [9.17, 15) is 18.8 Å². The number of ether oxygens (including phenoxy) is 3. The lowest BCUT2D eigenvalue weighted by Crippen LogP contribution is -2.40. The highest BCUT2D eigenvalue weighted by atomic mass is 79.9. The average Bonchev–Trinajstić information content (AvgIpc) is 4.19. The molecule has 2 aromatic carbocycles. The highest BCUT2D eigenvalue weighted by Crippen LogP contribution is 2.53. The first-order valence-corrected chi connectivity index (χ1v) is 21.8. The van der Waals surface area contributed by atoms with Gasteiger partial charge in [0, 0.05) is 55.6 Å². The molecule has 0 radical (unpaired) electrons. The summed E-state index contributed by atoms with van der Waals surface area (Å²) < 4.78 is 33.7. The number of carbonyl (C=O) groups excluding carboxylic acids is 2. The highest BCUT2D eigenvalue weighted by molar-refractivity contribution is 9.10. The Bertz CT molecular complexity index is 2480. The molecule has 322 valence electrons. The predicted octanol–water partition coefficient (Wildman–Crippen LogP) is 7.67. The maximum atomic E-state index is 14.8. The van der Waals surface area contributed by atoms with Crippen molar-refractivity contribution in [1.29, 1.82) is 0 Å². The molecule has 2 saturated carbocycles. The van der Waals surface area contributed by atoms with Crippen LogP contribution in [0.4, 0.5) is 19.7 Å². The average molecular weight is 929 g/mol. The molecule has 1 atom stereocenters. The van der Waals surface area contributed by atoms with Crippen LogP contribution >= 0.6 is 27.5 Å². The first-order valence-electron chi connectivity index (χ1n) is 20.6. The van der Waals surface area contributed by atoms with Gasteiger partial charge in [-0.3, -0.25) is 4.79 Å². The molecule has 6 heterocycles. The minimum Gasteiger partial charge on any atom is -0.439 e. The molecule has 4 amide bonds. The summed E-state index contributed by atoms with van der Waals surface area (Å²) in [6.07, 6.45) is 9.52. The Hall–Kier alpha value is -5.78. The van der Waals surface area contributed by atoms with Crippen LogP contribution in [0.3, 0.4) is 0 Å². The summed E-state index contributed by atoms with van der Waals surface area (Å²) in [5, 5.41) is 12.7. The maximum absolute atomic E-state index is 14.8.